The Labute approximate surface area is 68.2 Å². The minimum absolute atomic E-state index is 0.236. The summed E-state index contributed by atoms with van der Waals surface area (Å²) < 4.78 is 0. The second kappa shape index (κ2) is 4.70. The second-order valence-electron chi connectivity index (χ2n) is 3.35. The van der Waals surface area contributed by atoms with Gasteiger partial charge in [-0.05, 0) is 38.9 Å². The molecule has 66 valence electrons. The Bertz CT molecular complexity index is 102. The lowest BCUT2D eigenvalue weighted by atomic mass is 10.1. The topological polar surface area (TPSA) is 44.3 Å². The van der Waals surface area contributed by atoms with E-state index < -0.39 is 0 Å². The Hall–Kier alpha value is -0.120. The van der Waals surface area contributed by atoms with Gasteiger partial charge in [-0.1, -0.05) is 0 Å². The zero-order valence-electron chi connectivity index (χ0n) is 7.14. The van der Waals surface area contributed by atoms with Gasteiger partial charge in [0.15, 0.2) is 0 Å². The highest BCUT2D eigenvalue weighted by Crippen LogP contribution is 2.05. The van der Waals surface area contributed by atoms with Gasteiger partial charge in [0.2, 0.25) is 0 Å². The van der Waals surface area contributed by atoms with Gasteiger partial charge < -0.3 is 15.7 Å². The monoisotopic (exact) mass is 158 g/mol. The van der Waals surface area contributed by atoms with Crippen LogP contribution in [-0.2, 0) is 0 Å². The van der Waals surface area contributed by atoms with Crippen LogP contribution in [0.5, 0.6) is 0 Å². The van der Waals surface area contributed by atoms with Crippen LogP contribution in [0.2, 0.25) is 0 Å². The van der Waals surface area contributed by atoms with Crippen LogP contribution in [0, 0.1) is 5.92 Å². The van der Waals surface area contributed by atoms with Crippen molar-refractivity contribution in [2.24, 2.45) is 5.92 Å². The minimum atomic E-state index is 0.236. The first kappa shape index (κ1) is 8.97. The van der Waals surface area contributed by atoms with Crippen molar-refractivity contribution in [3.63, 3.8) is 0 Å². The van der Waals surface area contributed by atoms with Gasteiger partial charge in [-0.2, -0.15) is 0 Å². The molecule has 1 fully saturated rings. The number of nitrogens with one attached hydrogen (secondary N) is 2. The molecule has 1 aliphatic rings. The summed E-state index contributed by atoms with van der Waals surface area (Å²) in [5.41, 5.74) is 0. The normalized spacial score (nSPS) is 27.3. The highest BCUT2D eigenvalue weighted by molar-refractivity contribution is 4.74. The lowest BCUT2D eigenvalue weighted by molar-refractivity contribution is 0.247. The average molecular weight is 158 g/mol. The van der Waals surface area contributed by atoms with Crippen molar-refractivity contribution in [1.29, 1.82) is 0 Å². The molecule has 0 aromatic rings. The van der Waals surface area contributed by atoms with Crippen LogP contribution in [0.25, 0.3) is 0 Å². The fraction of sp³-hybridized carbons (Fsp3) is 1.00. The number of aliphatic hydroxyl groups is 1. The van der Waals surface area contributed by atoms with E-state index >= 15 is 0 Å². The second-order valence-corrected chi connectivity index (χ2v) is 3.35. The van der Waals surface area contributed by atoms with Gasteiger partial charge in [-0.25, -0.2) is 0 Å². The number of rotatable bonds is 4. The molecular formula is C8H18N2O. The third-order valence-corrected chi connectivity index (χ3v) is 2.19. The van der Waals surface area contributed by atoms with Gasteiger partial charge in [0.25, 0.3) is 0 Å². The molecule has 1 aliphatic heterocycles. The summed E-state index contributed by atoms with van der Waals surface area (Å²) in [5.74, 6) is 0.768. The van der Waals surface area contributed by atoms with Crippen LogP contribution in [0.4, 0.5) is 0 Å². The Balaban J connectivity index is 2.01. The minimum Gasteiger partial charge on any atom is -0.395 e. The summed E-state index contributed by atoms with van der Waals surface area (Å²) >= 11 is 0. The third kappa shape index (κ3) is 3.18. The standard InChI is InChI=1S/C8H18N2O/c1-7(6-11)10-5-8-2-3-9-4-8/h7-11H,2-6H2,1H3. The van der Waals surface area contributed by atoms with Gasteiger partial charge in [0.05, 0.1) is 6.61 Å². The molecule has 1 heterocycles. The Morgan fingerprint density at radius 1 is 1.73 bits per heavy atom. The SMILES string of the molecule is CC(CO)NCC1CCNC1. The number of hydrogen-bond donors (Lipinski definition) is 3. The first-order chi connectivity index (χ1) is 5.33. The lowest BCUT2D eigenvalue weighted by Gasteiger charge is -2.13. The van der Waals surface area contributed by atoms with Crippen molar-refractivity contribution in [1.82, 2.24) is 10.6 Å². The molecule has 0 radical (unpaired) electrons. The lowest BCUT2D eigenvalue weighted by Crippen LogP contribution is -2.34. The molecule has 1 saturated heterocycles. The van der Waals surface area contributed by atoms with Crippen molar-refractivity contribution in [3.05, 3.63) is 0 Å². The molecule has 1 rings (SSSR count). The van der Waals surface area contributed by atoms with Crippen molar-refractivity contribution in [2.45, 2.75) is 19.4 Å². The largest absolute Gasteiger partial charge is 0.395 e. The van der Waals surface area contributed by atoms with Crippen molar-refractivity contribution < 1.29 is 5.11 Å². The van der Waals surface area contributed by atoms with E-state index in [-0.39, 0.29) is 12.6 Å². The van der Waals surface area contributed by atoms with Crippen LogP contribution in [0.3, 0.4) is 0 Å². The smallest absolute Gasteiger partial charge is 0.0581 e. The molecule has 11 heavy (non-hydrogen) atoms. The molecule has 0 aromatic carbocycles. The van der Waals surface area contributed by atoms with E-state index in [9.17, 15) is 0 Å². The summed E-state index contributed by atoms with van der Waals surface area (Å²) in [6.07, 6.45) is 1.27. The molecule has 3 nitrogen and oxygen atoms in total. The zero-order chi connectivity index (χ0) is 8.10. The highest BCUT2D eigenvalue weighted by Gasteiger charge is 2.14. The molecular weight excluding hydrogens is 140 g/mol. The molecule has 0 spiro atoms. The average Bonchev–Trinajstić information content (AvgIpc) is 2.52. The summed E-state index contributed by atoms with van der Waals surface area (Å²) in [4.78, 5) is 0. The molecule has 3 N–H and O–H groups in total. The van der Waals surface area contributed by atoms with Gasteiger partial charge in [-0.3, -0.25) is 0 Å². The van der Waals surface area contributed by atoms with Gasteiger partial charge >= 0.3 is 0 Å². The Morgan fingerprint density at radius 2 is 2.55 bits per heavy atom. The van der Waals surface area contributed by atoms with Crippen molar-refractivity contribution >= 4 is 0 Å². The molecule has 0 saturated carbocycles. The summed E-state index contributed by atoms with van der Waals surface area (Å²) in [6, 6.07) is 0.246. The molecule has 0 amide bonds. The quantitative estimate of drug-likeness (QED) is 0.520. The van der Waals surface area contributed by atoms with Crippen LogP contribution in [0.1, 0.15) is 13.3 Å². The van der Waals surface area contributed by atoms with Crippen LogP contribution in [-0.4, -0.2) is 37.4 Å². The van der Waals surface area contributed by atoms with E-state index in [1.807, 2.05) is 6.92 Å². The molecule has 2 unspecified atom stereocenters. The number of aliphatic hydroxyl groups excluding tert-OH is 1. The summed E-state index contributed by atoms with van der Waals surface area (Å²) in [7, 11) is 0. The van der Waals surface area contributed by atoms with E-state index in [0.29, 0.717) is 0 Å². The van der Waals surface area contributed by atoms with Gasteiger partial charge in [0, 0.05) is 6.04 Å². The van der Waals surface area contributed by atoms with Crippen LogP contribution >= 0.6 is 0 Å². The maximum absolute atomic E-state index is 8.73. The predicted octanol–water partition coefficient (Wildman–Crippen LogP) is -0.434. The number of hydrogen-bond acceptors (Lipinski definition) is 3. The molecule has 0 aromatic heterocycles. The molecule has 2 atom stereocenters. The molecule has 0 aliphatic carbocycles. The predicted molar refractivity (Wildman–Crippen MR) is 45.5 cm³/mol. The summed E-state index contributed by atoms with van der Waals surface area (Å²) in [5, 5.41) is 15.3. The Morgan fingerprint density at radius 3 is 3.09 bits per heavy atom. The van der Waals surface area contributed by atoms with Gasteiger partial charge in [0.1, 0.15) is 0 Å². The van der Waals surface area contributed by atoms with E-state index in [0.717, 1.165) is 25.6 Å². The van der Waals surface area contributed by atoms with Crippen molar-refractivity contribution in [3.8, 4) is 0 Å². The Kier molecular flexibility index (Phi) is 3.83. The van der Waals surface area contributed by atoms with E-state index in [4.69, 9.17) is 5.11 Å². The maximum Gasteiger partial charge on any atom is 0.0581 e. The van der Waals surface area contributed by atoms with E-state index in [1.165, 1.54) is 6.42 Å². The fourth-order valence-corrected chi connectivity index (χ4v) is 1.32. The van der Waals surface area contributed by atoms with Crippen LogP contribution < -0.4 is 10.6 Å². The van der Waals surface area contributed by atoms with E-state index in [1.54, 1.807) is 0 Å². The fourth-order valence-electron chi connectivity index (χ4n) is 1.32. The zero-order valence-corrected chi connectivity index (χ0v) is 7.14. The maximum atomic E-state index is 8.73. The highest BCUT2D eigenvalue weighted by atomic mass is 16.3. The third-order valence-electron chi connectivity index (χ3n) is 2.19. The van der Waals surface area contributed by atoms with Crippen LogP contribution in [0.15, 0.2) is 0 Å². The van der Waals surface area contributed by atoms with E-state index in [2.05, 4.69) is 10.6 Å². The molecule has 3 heteroatoms. The first-order valence-corrected chi connectivity index (χ1v) is 4.38. The molecule has 0 bridgehead atoms. The first-order valence-electron chi connectivity index (χ1n) is 4.38. The van der Waals surface area contributed by atoms with Gasteiger partial charge in [-0.15, -0.1) is 0 Å². The summed E-state index contributed by atoms with van der Waals surface area (Å²) in [6.45, 7) is 5.56. The van der Waals surface area contributed by atoms with Crippen molar-refractivity contribution in [2.75, 3.05) is 26.2 Å².